The first-order valence-electron chi connectivity index (χ1n) is 17.7. The van der Waals surface area contributed by atoms with Crippen molar-refractivity contribution in [1.82, 2.24) is 0 Å². The van der Waals surface area contributed by atoms with Gasteiger partial charge in [0.25, 0.3) is 0 Å². The number of hydrogen-bond acceptors (Lipinski definition) is 1. The van der Waals surface area contributed by atoms with Crippen LogP contribution in [0.4, 0.5) is 0 Å². The number of furan rings is 1. The lowest BCUT2D eigenvalue weighted by Crippen LogP contribution is -1.92. The monoisotopic (exact) mass is 624 g/mol. The van der Waals surface area contributed by atoms with E-state index in [1.165, 1.54) is 43.4 Å². The van der Waals surface area contributed by atoms with Gasteiger partial charge in [-0.15, -0.1) is 0 Å². The van der Waals surface area contributed by atoms with E-state index in [0.29, 0.717) is 12.1 Å². The smallest absolute Gasteiger partial charge is 0.136 e. The summed E-state index contributed by atoms with van der Waals surface area (Å²) in [4.78, 5) is 0. The Morgan fingerprint density at radius 3 is 1.45 bits per heavy atom. The molecule has 10 rings (SSSR count). The minimum atomic E-state index is 0.488. The second-order valence-corrected chi connectivity index (χ2v) is 12.7. The van der Waals surface area contributed by atoms with Crippen molar-refractivity contribution < 1.29 is 7.16 Å². The maximum Gasteiger partial charge on any atom is 0.136 e. The fourth-order valence-electron chi connectivity index (χ4n) is 7.71. The van der Waals surface area contributed by atoms with Crippen molar-refractivity contribution in [2.45, 2.75) is 0 Å². The van der Waals surface area contributed by atoms with Crippen LogP contribution >= 0.6 is 0 Å². The van der Waals surface area contributed by atoms with Crippen LogP contribution in [0.5, 0.6) is 0 Å². The number of benzene rings is 9. The fraction of sp³-hybridized carbons (Fsp3) is 0. The molecule has 228 valence electrons. The van der Waals surface area contributed by atoms with Gasteiger partial charge < -0.3 is 4.42 Å². The summed E-state index contributed by atoms with van der Waals surface area (Å²) in [7, 11) is 0. The number of rotatable bonds is 4. The van der Waals surface area contributed by atoms with Gasteiger partial charge in [-0.2, -0.15) is 0 Å². The van der Waals surface area contributed by atoms with E-state index in [4.69, 9.17) is 7.16 Å². The first kappa shape index (κ1) is 25.6. The molecule has 0 spiro atoms. The van der Waals surface area contributed by atoms with E-state index in [1.54, 1.807) is 0 Å². The van der Waals surface area contributed by atoms with Gasteiger partial charge in [0.15, 0.2) is 0 Å². The minimum absolute atomic E-state index is 0.488. The summed E-state index contributed by atoms with van der Waals surface area (Å²) in [5.74, 6) is 0. The van der Waals surface area contributed by atoms with Crippen molar-refractivity contribution >= 4 is 54.3 Å². The highest BCUT2D eigenvalue weighted by Crippen LogP contribution is 2.48. The molecule has 1 nitrogen and oxygen atoms in total. The summed E-state index contributed by atoms with van der Waals surface area (Å²) in [5, 5.41) is 9.31. The Morgan fingerprint density at radius 2 is 0.857 bits per heavy atom. The molecule has 0 unspecified atom stereocenters. The molecule has 0 atom stereocenters. The predicted molar refractivity (Wildman–Crippen MR) is 208 cm³/mol. The van der Waals surface area contributed by atoms with E-state index in [2.05, 4.69) is 121 Å². The van der Waals surface area contributed by atoms with Crippen molar-refractivity contribution in [2.75, 3.05) is 0 Å². The molecule has 0 aliphatic carbocycles. The largest absolute Gasteiger partial charge is 0.456 e. The minimum Gasteiger partial charge on any atom is -0.456 e. The average molecular weight is 625 g/mol. The molecule has 0 saturated heterocycles. The third-order valence-corrected chi connectivity index (χ3v) is 9.89. The molecule has 0 amide bonds. The van der Waals surface area contributed by atoms with Crippen LogP contribution in [0.1, 0.15) is 2.74 Å². The van der Waals surface area contributed by atoms with Crippen LogP contribution < -0.4 is 0 Å². The lowest BCUT2D eigenvalue weighted by Gasteiger charge is -2.19. The van der Waals surface area contributed by atoms with Gasteiger partial charge in [-0.3, -0.25) is 0 Å². The molecule has 0 saturated carbocycles. The van der Waals surface area contributed by atoms with E-state index in [0.717, 1.165) is 55.3 Å². The number of hydrogen-bond donors (Lipinski definition) is 0. The summed E-state index contributed by atoms with van der Waals surface area (Å²) in [6, 6.07) is 60.1. The van der Waals surface area contributed by atoms with Crippen molar-refractivity contribution in [2.24, 2.45) is 0 Å². The molecular formula is C48H30O. The molecule has 0 bridgehead atoms. The van der Waals surface area contributed by atoms with Crippen LogP contribution in [-0.4, -0.2) is 0 Å². The average Bonchev–Trinajstić information content (AvgIpc) is 3.54. The third-order valence-electron chi connectivity index (χ3n) is 9.89. The molecule has 0 aliphatic rings. The summed E-state index contributed by atoms with van der Waals surface area (Å²) in [6.45, 7) is 0. The van der Waals surface area contributed by atoms with Gasteiger partial charge in [0.1, 0.15) is 11.2 Å². The fourth-order valence-corrected chi connectivity index (χ4v) is 7.71. The molecule has 10 aromatic rings. The van der Waals surface area contributed by atoms with E-state index in [-0.39, 0.29) is 0 Å². The molecule has 1 heteroatoms. The van der Waals surface area contributed by atoms with Crippen LogP contribution in [0, 0.1) is 0 Å². The molecule has 0 N–H and O–H groups in total. The topological polar surface area (TPSA) is 13.1 Å². The van der Waals surface area contributed by atoms with Gasteiger partial charge in [0.2, 0.25) is 0 Å². The van der Waals surface area contributed by atoms with E-state index >= 15 is 0 Å². The van der Waals surface area contributed by atoms with Crippen LogP contribution in [0.3, 0.4) is 0 Å². The van der Waals surface area contributed by atoms with E-state index in [9.17, 15) is 0 Å². The van der Waals surface area contributed by atoms with Gasteiger partial charge >= 0.3 is 0 Å². The van der Waals surface area contributed by atoms with Gasteiger partial charge in [-0.25, -0.2) is 0 Å². The first-order valence-corrected chi connectivity index (χ1v) is 16.7. The quantitative estimate of drug-likeness (QED) is 0.178. The predicted octanol–water partition coefficient (Wildman–Crippen LogP) is 13.7. The molecule has 0 aliphatic heterocycles. The Bertz CT molecular complexity index is 2850. The van der Waals surface area contributed by atoms with Gasteiger partial charge in [-0.05, 0) is 113 Å². The van der Waals surface area contributed by atoms with Gasteiger partial charge in [-0.1, -0.05) is 146 Å². The highest BCUT2D eigenvalue weighted by atomic mass is 16.3. The molecule has 0 fully saturated rings. The van der Waals surface area contributed by atoms with Crippen molar-refractivity contribution in [3.63, 3.8) is 0 Å². The maximum atomic E-state index is 8.10. The molecule has 1 heterocycles. The van der Waals surface area contributed by atoms with Crippen LogP contribution in [0.15, 0.2) is 186 Å². The van der Waals surface area contributed by atoms with Gasteiger partial charge in [0, 0.05) is 10.8 Å². The Balaban J connectivity index is 1.29. The van der Waals surface area contributed by atoms with Gasteiger partial charge in [0.05, 0.1) is 2.74 Å². The Hall–Kier alpha value is -6.44. The van der Waals surface area contributed by atoms with Crippen LogP contribution in [-0.2, 0) is 0 Å². The van der Waals surface area contributed by atoms with E-state index < -0.39 is 0 Å². The summed E-state index contributed by atoms with van der Waals surface area (Å²) >= 11 is 0. The zero-order valence-electron chi connectivity index (χ0n) is 28.6. The van der Waals surface area contributed by atoms with Crippen molar-refractivity contribution in [3.05, 3.63) is 182 Å². The normalized spacial score (nSPS) is 12.2. The molecule has 0 radical (unpaired) electrons. The van der Waals surface area contributed by atoms with Crippen LogP contribution in [0.2, 0.25) is 0 Å². The lowest BCUT2D eigenvalue weighted by molar-refractivity contribution is 0.669. The van der Waals surface area contributed by atoms with E-state index in [1.807, 2.05) is 48.5 Å². The molecule has 1 aromatic heterocycles. The Labute approximate surface area is 287 Å². The summed E-state index contributed by atoms with van der Waals surface area (Å²) < 4.78 is 22.7. The Kier molecular flexibility index (Phi) is 5.79. The molecule has 9 aromatic carbocycles. The summed E-state index contributed by atoms with van der Waals surface area (Å²) in [6.07, 6.45) is 0. The first-order chi connectivity index (χ1) is 25.1. The molecular weight excluding hydrogens is 593 g/mol. The second kappa shape index (κ2) is 11.1. The molecule has 49 heavy (non-hydrogen) atoms. The third kappa shape index (κ3) is 4.47. The van der Waals surface area contributed by atoms with Crippen LogP contribution in [0.25, 0.3) is 98.8 Å². The highest BCUT2D eigenvalue weighted by Gasteiger charge is 2.21. The van der Waals surface area contributed by atoms with Crippen molar-refractivity contribution in [3.8, 4) is 44.5 Å². The second-order valence-electron chi connectivity index (χ2n) is 12.7. The standard InChI is InChI=1S/C48H30O/c1-3-14-31(15-4-1)35-26-36(32-16-5-2-6-17-32)28-37(27-35)46-38-20-9-11-22-40(38)47(41-23-12-10-21-39(41)46)42-24-13-25-44-48(42)43-29-33-18-7-8-19-34(33)30-45(43)49-44/h1-30H/i1D,2D. The lowest BCUT2D eigenvalue weighted by atomic mass is 9.83. The zero-order valence-corrected chi connectivity index (χ0v) is 26.6. The van der Waals surface area contributed by atoms with Crippen molar-refractivity contribution in [1.29, 1.82) is 0 Å². The summed E-state index contributed by atoms with van der Waals surface area (Å²) in [5.41, 5.74) is 10.7. The maximum absolute atomic E-state index is 8.10. The highest BCUT2D eigenvalue weighted by molar-refractivity contribution is 6.26. The SMILES string of the molecule is [2H]c1ccc(-c2cc(-c3ccc([2H])cc3)cc(-c3c4ccccc4c(-c4cccc5oc6cc7ccccc7cc6c45)c4ccccc34)c2)cc1. The zero-order chi connectivity index (χ0) is 34.1. The Morgan fingerprint density at radius 1 is 0.347 bits per heavy atom. The number of fused-ring (bicyclic) bond motifs is 6.